The normalized spacial score (nSPS) is 24.7. The number of anilines is 1. The minimum atomic E-state index is -0.0627. The molecule has 33 heavy (non-hydrogen) atoms. The Morgan fingerprint density at radius 1 is 1.21 bits per heavy atom. The lowest BCUT2D eigenvalue weighted by molar-refractivity contribution is -0.900. The van der Waals surface area contributed by atoms with Gasteiger partial charge in [-0.1, -0.05) is 48.0 Å². The quantitative estimate of drug-likeness (QED) is 0.361. The van der Waals surface area contributed by atoms with Crippen LogP contribution in [-0.4, -0.2) is 44.5 Å². The number of fused-ring (bicyclic) bond motifs is 3. The molecule has 1 fully saturated rings. The monoisotopic (exact) mass is 465 g/mol. The topological polar surface area (TPSA) is 67.2 Å². The van der Waals surface area contributed by atoms with E-state index in [4.69, 9.17) is 16.3 Å². The summed E-state index contributed by atoms with van der Waals surface area (Å²) in [5, 5.41) is 8.93. The molecule has 0 bridgehead atoms. The second-order valence-corrected chi connectivity index (χ2v) is 9.48. The summed E-state index contributed by atoms with van der Waals surface area (Å²) in [6.07, 6.45) is 5.61. The van der Waals surface area contributed by atoms with Gasteiger partial charge in [-0.05, 0) is 54.2 Å². The lowest BCUT2D eigenvalue weighted by Gasteiger charge is -2.38. The Labute approximate surface area is 199 Å². The number of morpholine rings is 1. The van der Waals surface area contributed by atoms with Crippen LogP contribution in [0.1, 0.15) is 42.0 Å². The maximum Gasteiger partial charge on any atom is 0.295 e. The van der Waals surface area contributed by atoms with Gasteiger partial charge in [0.1, 0.15) is 13.1 Å². The standard InChI is InChI=1S/C26H29ClN4O2/c1-17(29-30-25(32)16-31-11-13-33-14-12-31)18-9-10-24-22(15-18)19-6-4-7-20(19)26(28-24)21-5-2-3-8-23(21)27/h2-6,8-10,15,19-20,26,28H,7,11-14,16H2,1H3,(H,30,32)/p+1/b29-17+/t19-,20+,26-/m0/s1. The van der Waals surface area contributed by atoms with E-state index in [0.717, 1.165) is 47.1 Å². The number of allylic oxidation sites excluding steroid dienone is 2. The second-order valence-electron chi connectivity index (χ2n) is 9.07. The molecule has 5 rings (SSSR count). The number of carbonyl (C=O) groups is 1. The van der Waals surface area contributed by atoms with E-state index in [-0.39, 0.29) is 11.9 Å². The van der Waals surface area contributed by atoms with Crippen LogP contribution in [0.15, 0.2) is 59.7 Å². The zero-order valence-corrected chi connectivity index (χ0v) is 19.6. The van der Waals surface area contributed by atoms with Crippen molar-refractivity contribution in [1.29, 1.82) is 0 Å². The lowest BCUT2D eigenvalue weighted by Crippen LogP contribution is -3.15. The molecule has 2 aromatic carbocycles. The first-order valence-corrected chi connectivity index (χ1v) is 12.0. The van der Waals surface area contributed by atoms with Crippen molar-refractivity contribution in [3.63, 3.8) is 0 Å². The van der Waals surface area contributed by atoms with Crippen LogP contribution in [0.25, 0.3) is 0 Å². The number of hydrogen-bond donors (Lipinski definition) is 3. The van der Waals surface area contributed by atoms with Crippen LogP contribution in [0.3, 0.4) is 0 Å². The van der Waals surface area contributed by atoms with Gasteiger partial charge < -0.3 is 15.0 Å². The van der Waals surface area contributed by atoms with Gasteiger partial charge in [-0.15, -0.1) is 0 Å². The predicted octanol–water partition coefficient (Wildman–Crippen LogP) is 2.92. The van der Waals surface area contributed by atoms with Crippen molar-refractivity contribution in [2.75, 3.05) is 38.2 Å². The fraction of sp³-hybridized carbons (Fsp3) is 0.385. The molecule has 3 aliphatic rings. The van der Waals surface area contributed by atoms with Crippen molar-refractivity contribution in [3.05, 3.63) is 76.3 Å². The fourth-order valence-corrected chi connectivity index (χ4v) is 5.42. The number of amides is 1. The highest BCUT2D eigenvalue weighted by Gasteiger charge is 2.38. The number of quaternary nitrogens is 1. The van der Waals surface area contributed by atoms with E-state index in [2.05, 4.69) is 52.3 Å². The third kappa shape index (κ3) is 4.69. The van der Waals surface area contributed by atoms with Gasteiger partial charge in [0.15, 0.2) is 6.54 Å². The number of nitrogens with one attached hydrogen (secondary N) is 3. The number of carbonyl (C=O) groups excluding carboxylic acids is 1. The molecule has 0 spiro atoms. The van der Waals surface area contributed by atoms with Crippen molar-refractivity contribution in [2.24, 2.45) is 11.0 Å². The molecule has 3 atom stereocenters. The van der Waals surface area contributed by atoms with E-state index in [1.165, 1.54) is 10.5 Å². The molecule has 1 saturated heterocycles. The number of rotatable bonds is 5. The van der Waals surface area contributed by atoms with Crippen molar-refractivity contribution < 1.29 is 14.4 Å². The smallest absolute Gasteiger partial charge is 0.295 e. The van der Waals surface area contributed by atoms with Gasteiger partial charge in [-0.2, -0.15) is 5.10 Å². The molecule has 2 aromatic rings. The number of ether oxygens (including phenoxy) is 1. The molecule has 1 amide bonds. The second kappa shape index (κ2) is 9.67. The zero-order chi connectivity index (χ0) is 22.8. The van der Waals surface area contributed by atoms with E-state index in [0.29, 0.717) is 31.6 Å². The Kier molecular flexibility index (Phi) is 6.49. The van der Waals surface area contributed by atoms with Crippen molar-refractivity contribution in [3.8, 4) is 0 Å². The van der Waals surface area contributed by atoms with E-state index in [1.807, 2.05) is 25.1 Å². The van der Waals surface area contributed by atoms with Crippen LogP contribution < -0.4 is 15.6 Å². The molecular formula is C26H30ClN4O2+. The van der Waals surface area contributed by atoms with E-state index in [9.17, 15) is 4.79 Å². The minimum Gasteiger partial charge on any atom is -0.378 e. The molecule has 0 aromatic heterocycles. The van der Waals surface area contributed by atoms with Gasteiger partial charge in [0.25, 0.3) is 5.91 Å². The van der Waals surface area contributed by atoms with Crippen molar-refractivity contribution in [1.82, 2.24) is 5.43 Å². The number of benzene rings is 2. The number of nitrogens with zero attached hydrogens (tertiary/aromatic N) is 1. The van der Waals surface area contributed by atoms with Crippen LogP contribution in [0.4, 0.5) is 5.69 Å². The third-order valence-electron chi connectivity index (χ3n) is 6.98. The summed E-state index contributed by atoms with van der Waals surface area (Å²) in [4.78, 5) is 13.6. The summed E-state index contributed by atoms with van der Waals surface area (Å²) in [5.74, 6) is 0.683. The molecule has 0 saturated carbocycles. The first-order valence-electron chi connectivity index (χ1n) is 11.7. The molecule has 172 valence electrons. The van der Waals surface area contributed by atoms with Crippen LogP contribution in [0, 0.1) is 5.92 Å². The summed E-state index contributed by atoms with van der Waals surface area (Å²) in [6.45, 7) is 5.50. The maximum atomic E-state index is 12.3. The first kappa shape index (κ1) is 22.1. The van der Waals surface area contributed by atoms with Gasteiger partial charge in [0, 0.05) is 16.6 Å². The Morgan fingerprint density at radius 2 is 2.03 bits per heavy atom. The molecule has 3 N–H and O–H groups in total. The van der Waals surface area contributed by atoms with E-state index < -0.39 is 0 Å². The molecule has 2 heterocycles. The minimum absolute atomic E-state index is 0.0627. The summed E-state index contributed by atoms with van der Waals surface area (Å²) >= 11 is 6.55. The fourth-order valence-electron chi connectivity index (χ4n) is 5.17. The largest absolute Gasteiger partial charge is 0.378 e. The summed E-state index contributed by atoms with van der Waals surface area (Å²) < 4.78 is 5.35. The number of hydrogen-bond acceptors (Lipinski definition) is 4. The Bertz CT molecular complexity index is 1090. The molecule has 7 heteroatoms. The number of halogens is 1. The van der Waals surface area contributed by atoms with Gasteiger partial charge in [0.2, 0.25) is 0 Å². The van der Waals surface area contributed by atoms with Gasteiger partial charge in [-0.3, -0.25) is 4.79 Å². The van der Waals surface area contributed by atoms with Crippen molar-refractivity contribution >= 4 is 28.9 Å². The van der Waals surface area contributed by atoms with E-state index >= 15 is 0 Å². The molecular weight excluding hydrogens is 436 g/mol. The molecule has 0 unspecified atom stereocenters. The molecule has 6 nitrogen and oxygen atoms in total. The van der Waals surface area contributed by atoms with Gasteiger partial charge in [-0.25, -0.2) is 5.43 Å². The van der Waals surface area contributed by atoms with Crippen LogP contribution in [-0.2, 0) is 9.53 Å². The maximum absolute atomic E-state index is 12.3. The van der Waals surface area contributed by atoms with Gasteiger partial charge >= 0.3 is 0 Å². The molecule has 1 aliphatic carbocycles. The highest BCUT2D eigenvalue weighted by atomic mass is 35.5. The molecule has 2 aliphatic heterocycles. The summed E-state index contributed by atoms with van der Waals surface area (Å²) in [5.41, 5.74) is 8.10. The highest BCUT2D eigenvalue weighted by molar-refractivity contribution is 6.31. The van der Waals surface area contributed by atoms with Crippen LogP contribution >= 0.6 is 11.6 Å². The Hall–Kier alpha value is -2.67. The van der Waals surface area contributed by atoms with Crippen molar-refractivity contribution in [2.45, 2.75) is 25.3 Å². The lowest BCUT2D eigenvalue weighted by atomic mass is 9.76. The SMILES string of the molecule is C/C(=N\NC(=O)C[NH+]1CCOCC1)c1ccc2c(c1)[C@H]1C=CC[C@H]1[C@@H](c1ccccc1Cl)N2. The first-order chi connectivity index (χ1) is 16.1. The average molecular weight is 466 g/mol. The summed E-state index contributed by atoms with van der Waals surface area (Å²) in [6, 6.07) is 14.7. The van der Waals surface area contributed by atoms with Gasteiger partial charge in [0.05, 0.1) is 25.0 Å². The average Bonchev–Trinajstić information content (AvgIpc) is 3.33. The van der Waals surface area contributed by atoms with E-state index in [1.54, 1.807) is 0 Å². The highest BCUT2D eigenvalue weighted by Crippen LogP contribution is 2.50. The summed E-state index contributed by atoms with van der Waals surface area (Å²) in [7, 11) is 0. The predicted molar refractivity (Wildman–Crippen MR) is 131 cm³/mol. The van der Waals surface area contributed by atoms with Crippen LogP contribution in [0.2, 0.25) is 5.02 Å². The Balaban J connectivity index is 1.33. The zero-order valence-electron chi connectivity index (χ0n) is 18.8. The molecule has 0 radical (unpaired) electrons. The van der Waals surface area contributed by atoms with Crippen LogP contribution in [0.5, 0.6) is 0 Å². The Morgan fingerprint density at radius 3 is 2.85 bits per heavy atom. The number of hydrazone groups is 1. The third-order valence-corrected chi connectivity index (χ3v) is 7.32.